The Morgan fingerprint density at radius 1 is 1.15 bits per heavy atom. The van der Waals surface area contributed by atoms with Gasteiger partial charge < -0.3 is 0 Å². The van der Waals surface area contributed by atoms with Crippen molar-refractivity contribution in [2.45, 2.75) is 0 Å². The lowest BCUT2D eigenvalue weighted by molar-refractivity contribution is -0.384. The van der Waals surface area contributed by atoms with E-state index in [1.165, 1.54) is 24.3 Å². The van der Waals surface area contributed by atoms with Gasteiger partial charge in [-0.2, -0.15) is 0 Å². The summed E-state index contributed by atoms with van der Waals surface area (Å²) < 4.78 is 0. The van der Waals surface area contributed by atoms with Crippen LogP contribution in [0.15, 0.2) is 54.6 Å². The summed E-state index contributed by atoms with van der Waals surface area (Å²) in [5, 5.41) is 11.0. The fourth-order valence-corrected chi connectivity index (χ4v) is 1.89. The standard InChI is InChI=1S/C15H10ClNO3/c16-14-7-2-1-6-13(14)15(18)9-8-11-4-3-5-12(10-11)17(19)20/h1-10H/b9-8+. The number of nitro groups is 1. The molecule has 0 bridgehead atoms. The molecule has 0 N–H and O–H groups in total. The van der Waals surface area contributed by atoms with Crippen molar-refractivity contribution in [1.82, 2.24) is 0 Å². The zero-order chi connectivity index (χ0) is 14.5. The first-order valence-corrected chi connectivity index (χ1v) is 6.17. The van der Waals surface area contributed by atoms with Crippen LogP contribution in [0.1, 0.15) is 15.9 Å². The van der Waals surface area contributed by atoms with E-state index < -0.39 is 4.92 Å². The van der Waals surface area contributed by atoms with Crippen LogP contribution in [0.4, 0.5) is 5.69 Å². The quantitative estimate of drug-likeness (QED) is 0.367. The normalized spacial score (nSPS) is 10.7. The number of hydrogen-bond donors (Lipinski definition) is 0. The third kappa shape index (κ3) is 3.30. The third-order valence-electron chi connectivity index (χ3n) is 2.65. The van der Waals surface area contributed by atoms with E-state index in [1.807, 2.05) is 0 Å². The fourth-order valence-electron chi connectivity index (χ4n) is 1.66. The first-order chi connectivity index (χ1) is 9.58. The molecule has 0 saturated carbocycles. The minimum absolute atomic E-state index is 0.0163. The molecule has 0 heterocycles. The molecule has 0 spiro atoms. The van der Waals surface area contributed by atoms with Gasteiger partial charge in [-0.05, 0) is 23.8 Å². The van der Waals surface area contributed by atoms with E-state index in [9.17, 15) is 14.9 Å². The predicted molar refractivity (Wildman–Crippen MR) is 77.9 cm³/mol. The van der Waals surface area contributed by atoms with Crippen LogP contribution in [-0.4, -0.2) is 10.7 Å². The van der Waals surface area contributed by atoms with E-state index in [1.54, 1.807) is 36.4 Å². The van der Waals surface area contributed by atoms with E-state index >= 15 is 0 Å². The predicted octanol–water partition coefficient (Wildman–Crippen LogP) is 4.14. The minimum Gasteiger partial charge on any atom is -0.289 e. The number of rotatable bonds is 4. The van der Waals surface area contributed by atoms with E-state index in [-0.39, 0.29) is 11.5 Å². The Labute approximate surface area is 120 Å². The number of non-ortho nitro benzene ring substituents is 1. The smallest absolute Gasteiger partial charge is 0.270 e. The summed E-state index contributed by atoms with van der Waals surface area (Å²) in [6.45, 7) is 0. The molecule has 0 fully saturated rings. The van der Waals surface area contributed by atoms with Gasteiger partial charge in [0, 0.05) is 17.7 Å². The highest BCUT2D eigenvalue weighted by atomic mass is 35.5. The SMILES string of the molecule is O=C(/C=C/c1cccc([N+](=O)[O-])c1)c1ccccc1Cl. The van der Waals surface area contributed by atoms with Crippen molar-refractivity contribution in [3.05, 3.63) is 80.9 Å². The van der Waals surface area contributed by atoms with Crippen LogP contribution >= 0.6 is 11.6 Å². The lowest BCUT2D eigenvalue weighted by Crippen LogP contribution is -1.94. The molecule has 0 aliphatic rings. The van der Waals surface area contributed by atoms with E-state index in [0.29, 0.717) is 16.1 Å². The van der Waals surface area contributed by atoms with E-state index in [4.69, 9.17) is 11.6 Å². The molecule has 0 aromatic heterocycles. The molecule has 4 nitrogen and oxygen atoms in total. The summed E-state index contributed by atoms with van der Waals surface area (Å²) in [5.74, 6) is -0.248. The first-order valence-electron chi connectivity index (χ1n) is 5.79. The third-order valence-corrected chi connectivity index (χ3v) is 2.98. The van der Waals surface area contributed by atoms with Crippen molar-refractivity contribution in [2.75, 3.05) is 0 Å². The first kappa shape index (κ1) is 14.0. The van der Waals surface area contributed by atoms with Crippen molar-refractivity contribution >= 4 is 29.1 Å². The number of allylic oxidation sites excluding steroid dienone is 1. The van der Waals surface area contributed by atoms with Gasteiger partial charge in [-0.1, -0.05) is 41.9 Å². The number of nitrogens with zero attached hydrogens (tertiary/aromatic N) is 1. The molecule has 0 radical (unpaired) electrons. The van der Waals surface area contributed by atoms with Gasteiger partial charge in [0.15, 0.2) is 5.78 Å². The highest BCUT2D eigenvalue weighted by Gasteiger charge is 2.07. The summed E-state index contributed by atoms with van der Waals surface area (Å²) in [7, 11) is 0. The molecule has 100 valence electrons. The van der Waals surface area contributed by atoms with Gasteiger partial charge in [-0.3, -0.25) is 14.9 Å². The van der Waals surface area contributed by atoms with Crippen molar-refractivity contribution in [1.29, 1.82) is 0 Å². The topological polar surface area (TPSA) is 60.2 Å². The number of ketones is 1. The Bertz CT molecular complexity index is 695. The molecular weight excluding hydrogens is 278 g/mol. The summed E-state index contributed by atoms with van der Waals surface area (Å²) in [6, 6.07) is 12.8. The van der Waals surface area contributed by atoms with Gasteiger partial charge >= 0.3 is 0 Å². The average Bonchev–Trinajstić information content (AvgIpc) is 2.45. The summed E-state index contributed by atoms with van der Waals surface area (Å²) in [6.07, 6.45) is 2.87. The molecule has 0 aliphatic carbocycles. The Balaban J connectivity index is 2.21. The zero-order valence-electron chi connectivity index (χ0n) is 10.3. The summed E-state index contributed by atoms with van der Waals surface area (Å²) >= 11 is 5.92. The largest absolute Gasteiger partial charge is 0.289 e. The highest BCUT2D eigenvalue weighted by molar-refractivity contribution is 6.34. The van der Waals surface area contributed by atoms with Gasteiger partial charge in [0.2, 0.25) is 0 Å². The zero-order valence-corrected chi connectivity index (χ0v) is 11.1. The van der Waals surface area contributed by atoms with Crippen LogP contribution < -0.4 is 0 Å². The Morgan fingerprint density at radius 2 is 1.90 bits per heavy atom. The number of benzene rings is 2. The second kappa shape index (κ2) is 6.12. The second-order valence-corrected chi connectivity index (χ2v) is 4.44. The van der Waals surface area contributed by atoms with Crippen LogP contribution in [0.2, 0.25) is 5.02 Å². The molecule has 2 aromatic carbocycles. The molecule has 2 aromatic rings. The minimum atomic E-state index is -0.479. The fraction of sp³-hybridized carbons (Fsp3) is 0. The average molecular weight is 288 g/mol. The van der Waals surface area contributed by atoms with Crippen LogP contribution in [0, 0.1) is 10.1 Å². The molecule has 5 heteroatoms. The molecule has 0 aliphatic heterocycles. The summed E-state index contributed by atoms with van der Waals surface area (Å²) in [4.78, 5) is 22.1. The van der Waals surface area contributed by atoms with E-state index in [2.05, 4.69) is 0 Å². The highest BCUT2D eigenvalue weighted by Crippen LogP contribution is 2.17. The van der Waals surface area contributed by atoms with Gasteiger partial charge in [-0.15, -0.1) is 0 Å². The maximum atomic E-state index is 12.0. The van der Waals surface area contributed by atoms with Crippen molar-refractivity contribution in [3.63, 3.8) is 0 Å². The Hall–Kier alpha value is -2.46. The van der Waals surface area contributed by atoms with Crippen molar-refractivity contribution < 1.29 is 9.72 Å². The van der Waals surface area contributed by atoms with Gasteiger partial charge in [0.1, 0.15) is 0 Å². The molecule has 0 saturated heterocycles. The Morgan fingerprint density at radius 3 is 2.60 bits per heavy atom. The molecule has 0 amide bonds. The van der Waals surface area contributed by atoms with Gasteiger partial charge in [-0.25, -0.2) is 0 Å². The second-order valence-electron chi connectivity index (χ2n) is 4.03. The number of nitro benzene ring substituents is 1. The number of carbonyl (C=O) groups excluding carboxylic acids is 1. The van der Waals surface area contributed by atoms with Crippen LogP contribution in [0.5, 0.6) is 0 Å². The monoisotopic (exact) mass is 287 g/mol. The lowest BCUT2D eigenvalue weighted by atomic mass is 10.1. The molecule has 0 atom stereocenters. The van der Waals surface area contributed by atoms with E-state index in [0.717, 1.165) is 0 Å². The molecule has 0 unspecified atom stereocenters. The van der Waals surface area contributed by atoms with Gasteiger partial charge in [0.05, 0.1) is 9.95 Å². The van der Waals surface area contributed by atoms with Crippen molar-refractivity contribution in [3.8, 4) is 0 Å². The molecule has 2 rings (SSSR count). The Kier molecular flexibility index (Phi) is 4.27. The van der Waals surface area contributed by atoms with Gasteiger partial charge in [0.25, 0.3) is 5.69 Å². The maximum Gasteiger partial charge on any atom is 0.270 e. The summed E-state index contributed by atoms with van der Waals surface area (Å²) in [5.41, 5.74) is 0.966. The number of carbonyl (C=O) groups is 1. The van der Waals surface area contributed by atoms with Crippen LogP contribution in [0.3, 0.4) is 0 Å². The molecule has 20 heavy (non-hydrogen) atoms. The van der Waals surface area contributed by atoms with Crippen molar-refractivity contribution in [2.24, 2.45) is 0 Å². The maximum absolute atomic E-state index is 12.0. The molecular formula is C15H10ClNO3. The van der Waals surface area contributed by atoms with Crippen LogP contribution in [-0.2, 0) is 0 Å². The number of halogens is 1. The lowest BCUT2D eigenvalue weighted by Gasteiger charge is -1.98. The van der Waals surface area contributed by atoms with Crippen LogP contribution in [0.25, 0.3) is 6.08 Å². The number of hydrogen-bond acceptors (Lipinski definition) is 3.